The fourth-order valence-corrected chi connectivity index (χ4v) is 2.81. The van der Waals surface area contributed by atoms with Crippen LogP contribution < -0.4 is 5.32 Å². The summed E-state index contributed by atoms with van der Waals surface area (Å²) in [6, 6.07) is 11.3. The van der Waals surface area contributed by atoms with Crippen molar-refractivity contribution in [1.29, 1.82) is 0 Å². The minimum Gasteiger partial charge on any atom is -0.467 e. The number of carbonyl (C=O) groups is 1. The van der Waals surface area contributed by atoms with Gasteiger partial charge in [-0.1, -0.05) is 0 Å². The Hall–Kier alpha value is -2.73. The summed E-state index contributed by atoms with van der Waals surface area (Å²) in [5, 5.41) is 4.01. The second-order valence-corrected chi connectivity index (χ2v) is 5.53. The van der Waals surface area contributed by atoms with E-state index in [1.165, 1.54) is 0 Å². The second-order valence-electron chi connectivity index (χ2n) is 5.53. The lowest BCUT2D eigenvalue weighted by Gasteiger charge is -2.32. The van der Waals surface area contributed by atoms with Crippen molar-refractivity contribution in [1.82, 2.24) is 9.88 Å². The first-order chi connectivity index (χ1) is 11.3. The number of fused-ring (bicyclic) bond motifs is 1. The van der Waals surface area contributed by atoms with E-state index in [4.69, 9.17) is 9.15 Å². The molecule has 3 aromatic rings. The van der Waals surface area contributed by atoms with Crippen LogP contribution in [0.4, 0.5) is 10.5 Å². The zero-order valence-electron chi connectivity index (χ0n) is 12.5. The summed E-state index contributed by atoms with van der Waals surface area (Å²) >= 11 is 0. The highest BCUT2D eigenvalue weighted by Gasteiger charge is 2.27. The van der Waals surface area contributed by atoms with E-state index in [1.54, 1.807) is 11.2 Å². The molecule has 1 aliphatic rings. The lowest BCUT2D eigenvalue weighted by Crippen LogP contribution is -2.44. The Bertz CT molecular complexity index is 809. The first-order valence-electron chi connectivity index (χ1n) is 7.58. The smallest absolute Gasteiger partial charge is 0.322 e. The van der Waals surface area contributed by atoms with Crippen LogP contribution in [0.25, 0.3) is 10.9 Å². The molecule has 1 fully saturated rings. The molecule has 6 heteroatoms. The molecule has 0 bridgehead atoms. The topological polar surface area (TPSA) is 70.5 Å². The first kappa shape index (κ1) is 13.9. The maximum Gasteiger partial charge on any atom is 0.322 e. The average Bonchev–Trinajstić information content (AvgIpc) is 3.26. The molecule has 4 rings (SSSR count). The quantitative estimate of drug-likeness (QED) is 0.762. The molecule has 1 aliphatic heterocycles. The zero-order valence-corrected chi connectivity index (χ0v) is 12.5. The molecule has 2 aromatic heterocycles. The molecule has 23 heavy (non-hydrogen) atoms. The van der Waals surface area contributed by atoms with Gasteiger partial charge in [-0.3, -0.25) is 0 Å². The van der Waals surface area contributed by atoms with Crippen molar-refractivity contribution in [2.45, 2.75) is 6.10 Å². The Morgan fingerprint density at radius 2 is 2.26 bits per heavy atom. The van der Waals surface area contributed by atoms with Crippen LogP contribution in [0.2, 0.25) is 0 Å². The number of furan rings is 1. The number of aromatic amines is 1. The molecule has 2 N–H and O–H groups in total. The summed E-state index contributed by atoms with van der Waals surface area (Å²) in [5.74, 6) is 0.747. The lowest BCUT2D eigenvalue weighted by molar-refractivity contribution is -0.0242. The fourth-order valence-electron chi connectivity index (χ4n) is 2.81. The third-order valence-corrected chi connectivity index (χ3v) is 4.02. The minimum atomic E-state index is -0.211. The molecule has 2 amide bonds. The Morgan fingerprint density at radius 1 is 1.30 bits per heavy atom. The highest BCUT2D eigenvalue weighted by atomic mass is 16.5. The fraction of sp³-hybridized carbons (Fsp3) is 0.235. The van der Waals surface area contributed by atoms with Gasteiger partial charge in [-0.15, -0.1) is 0 Å². The van der Waals surface area contributed by atoms with Gasteiger partial charge in [0.05, 0.1) is 19.4 Å². The van der Waals surface area contributed by atoms with Crippen molar-refractivity contribution in [2.24, 2.45) is 0 Å². The molecule has 0 radical (unpaired) electrons. The van der Waals surface area contributed by atoms with Crippen molar-refractivity contribution in [2.75, 3.05) is 25.0 Å². The highest BCUT2D eigenvalue weighted by molar-refractivity contribution is 5.92. The van der Waals surface area contributed by atoms with Gasteiger partial charge in [0.1, 0.15) is 11.9 Å². The Morgan fingerprint density at radius 3 is 3.13 bits per heavy atom. The number of anilines is 1. The summed E-state index contributed by atoms with van der Waals surface area (Å²) in [4.78, 5) is 17.4. The van der Waals surface area contributed by atoms with Crippen molar-refractivity contribution < 1.29 is 13.9 Å². The Kier molecular flexibility index (Phi) is 3.51. The van der Waals surface area contributed by atoms with Crippen LogP contribution in [-0.4, -0.2) is 35.6 Å². The van der Waals surface area contributed by atoms with Crippen LogP contribution >= 0.6 is 0 Å². The maximum atomic E-state index is 12.5. The Labute approximate surface area is 133 Å². The molecule has 3 heterocycles. The summed E-state index contributed by atoms with van der Waals surface area (Å²) in [5.41, 5.74) is 1.83. The SMILES string of the molecule is O=C(Nc1ccc2[nH]ccc2c1)N1CCOC(c2ccco2)C1. The largest absolute Gasteiger partial charge is 0.467 e. The average molecular weight is 311 g/mol. The van der Waals surface area contributed by atoms with Gasteiger partial charge >= 0.3 is 6.03 Å². The maximum absolute atomic E-state index is 12.5. The van der Waals surface area contributed by atoms with Gasteiger partial charge in [0.15, 0.2) is 0 Å². The first-order valence-corrected chi connectivity index (χ1v) is 7.58. The molecular formula is C17H17N3O3. The summed E-state index contributed by atoms with van der Waals surface area (Å²) < 4.78 is 11.1. The van der Waals surface area contributed by atoms with Gasteiger partial charge in [-0.25, -0.2) is 4.79 Å². The van der Waals surface area contributed by atoms with Gasteiger partial charge in [0.25, 0.3) is 0 Å². The lowest BCUT2D eigenvalue weighted by atomic mass is 10.2. The van der Waals surface area contributed by atoms with Gasteiger partial charge in [-0.05, 0) is 36.4 Å². The summed E-state index contributed by atoms with van der Waals surface area (Å²) in [7, 11) is 0. The number of urea groups is 1. The van der Waals surface area contributed by atoms with Crippen molar-refractivity contribution in [3.63, 3.8) is 0 Å². The second kappa shape index (κ2) is 5.81. The third-order valence-electron chi connectivity index (χ3n) is 4.02. The summed E-state index contributed by atoms with van der Waals surface area (Å²) in [6.07, 6.45) is 3.28. The van der Waals surface area contributed by atoms with Gasteiger partial charge in [0.2, 0.25) is 0 Å². The highest BCUT2D eigenvalue weighted by Crippen LogP contribution is 2.23. The number of hydrogen-bond acceptors (Lipinski definition) is 3. The molecular weight excluding hydrogens is 294 g/mol. The number of benzene rings is 1. The standard InChI is InChI=1S/C17H17N3O3/c21-17(19-13-3-4-14-12(10-13)5-6-18-14)20-7-9-23-16(11-20)15-2-1-8-22-15/h1-6,8,10,16,18H,7,9,11H2,(H,19,21). The minimum absolute atomic E-state index is 0.125. The van der Waals surface area contributed by atoms with E-state index >= 15 is 0 Å². The van der Waals surface area contributed by atoms with Crippen molar-refractivity contribution in [3.8, 4) is 0 Å². The van der Waals surface area contributed by atoms with E-state index in [0.717, 1.165) is 22.4 Å². The number of rotatable bonds is 2. The van der Waals surface area contributed by atoms with E-state index < -0.39 is 0 Å². The number of ether oxygens (including phenoxy) is 1. The van der Waals surface area contributed by atoms with Crippen LogP contribution in [0.3, 0.4) is 0 Å². The molecule has 1 aromatic carbocycles. The molecule has 0 spiro atoms. The predicted molar refractivity (Wildman–Crippen MR) is 86.3 cm³/mol. The van der Waals surface area contributed by atoms with Gasteiger partial charge < -0.3 is 24.4 Å². The molecule has 0 aliphatic carbocycles. The van der Waals surface area contributed by atoms with Crippen molar-refractivity contribution in [3.05, 3.63) is 54.6 Å². The van der Waals surface area contributed by atoms with Crippen LogP contribution in [0.1, 0.15) is 11.9 Å². The predicted octanol–water partition coefficient (Wildman–Crippen LogP) is 3.37. The number of morpholine rings is 1. The van der Waals surface area contributed by atoms with Crippen LogP contribution in [-0.2, 0) is 4.74 Å². The van der Waals surface area contributed by atoms with E-state index in [-0.39, 0.29) is 12.1 Å². The van der Waals surface area contributed by atoms with E-state index in [9.17, 15) is 4.79 Å². The molecule has 0 saturated carbocycles. The molecule has 118 valence electrons. The van der Waals surface area contributed by atoms with Crippen LogP contribution in [0, 0.1) is 0 Å². The number of nitrogens with one attached hydrogen (secondary N) is 2. The molecule has 6 nitrogen and oxygen atoms in total. The number of hydrogen-bond donors (Lipinski definition) is 2. The monoisotopic (exact) mass is 311 g/mol. The zero-order chi connectivity index (χ0) is 15.6. The van der Waals surface area contributed by atoms with Crippen LogP contribution in [0.15, 0.2) is 53.3 Å². The van der Waals surface area contributed by atoms with Gasteiger partial charge in [-0.2, -0.15) is 0 Å². The van der Waals surface area contributed by atoms with Gasteiger partial charge in [0, 0.05) is 29.3 Å². The number of nitrogens with zero attached hydrogens (tertiary/aromatic N) is 1. The molecule has 1 unspecified atom stereocenters. The van der Waals surface area contributed by atoms with E-state index in [0.29, 0.717) is 19.7 Å². The number of carbonyl (C=O) groups excluding carboxylic acids is 1. The van der Waals surface area contributed by atoms with E-state index in [2.05, 4.69) is 10.3 Å². The molecule has 1 saturated heterocycles. The van der Waals surface area contributed by atoms with Crippen LogP contribution in [0.5, 0.6) is 0 Å². The third kappa shape index (κ3) is 2.80. The summed E-state index contributed by atoms with van der Waals surface area (Å²) in [6.45, 7) is 1.54. The number of amides is 2. The Balaban J connectivity index is 1.45. The number of H-pyrrole nitrogens is 1. The normalized spacial score (nSPS) is 18.3. The molecule has 1 atom stereocenters. The number of aromatic nitrogens is 1. The van der Waals surface area contributed by atoms with E-state index in [1.807, 2.05) is 42.6 Å². The van der Waals surface area contributed by atoms with Crippen molar-refractivity contribution >= 4 is 22.6 Å².